The second kappa shape index (κ2) is 5.98. The number of methoxy groups -OCH3 is 1. The number of hydrogen-bond donors (Lipinski definition) is 0. The zero-order chi connectivity index (χ0) is 15.6. The van der Waals surface area contributed by atoms with Crippen molar-refractivity contribution in [1.29, 1.82) is 0 Å². The van der Waals surface area contributed by atoms with Crippen molar-refractivity contribution in [2.75, 3.05) is 43.1 Å². The number of aromatic nitrogens is 4. The molecule has 7 nitrogen and oxygen atoms in total. The van der Waals surface area contributed by atoms with Crippen LogP contribution in [-0.2, 0) is 0 Å². The summed E-state index contributed by atoms with van der Waals surface area (Å²) in [6, 6.07) is 2.01. The van der Waals surface area contributed by atoms with E-state index in [9.17, 15) is 0 Å². The van der Waals surface area contributed by atoms with Crippen LogP contribution in [0.2, 0.25) is 0 Å². The Morgan fingerprint density at radius 1 is 1.00 bits per heavy atom. The molecule has 1 saturated heterocycles. The van der Waals surface area contributed by atoms with E-state index in [4.69, 9.17) is 9.72 Å². The third-order valence-corrected chi connectivity index (χ3v) is 4.34. The first-order valence-electron chi connectivity index (χ1n) is 8.02. The van der Waals surface area contributed by atoms with Crippen molar-refractivity contribution in [3.63, 3.8) is 0 Å². The van der Waals surface area contributed by atoms with E-state index in [1.54, 1.807) is 19.5 Å². The summed E-state index contributed by atoms with van der Waals surface area (Å²) in [6.45, 7) is 3.62. The molecule has 0 spiro atoms. The standard InChI is InChI=1S/C16H20N6O/c1-23-15-11-17-10-14(19-15)22-8-6-21(7-9-22)13-4-5-18-16(20-13)12-2-3-12/h4-5,10-12H,2-3,6-9H2,1H3. The first-order valence-corrected chi connectivity index (χ1v) is 8.02. The van der Waals surface area contributed by atoms with Crippen LogP contribution >= 0.6 is 0 Å². The Labute approximate surface area is 135 Å². The maximum Gasteiger partial charge on any atom is 0.233 e. The minimum absolute atomic E-state index is 0.551. The molecule has 0 N–H and O–H groups in total. The number of hydrogen-bond acceptors (Lipinski definition) is 7. The van der Waals surface area contributed by atoms with Crippen LogP contribution in [0, 0.1) is 0 Å². The highest BCUT2D eigenvalue weighted by Crippen LogP contribution is 2.38. The Bertz CT molecular complexity index is 682. The van der Waals surface area contributed by atoms with Gasteiger partial charge in [0.1, 0.15) is 11.6 Å². The summed E-state index contributed by atoms with van der Waals surface area (Å²) in [5, 5.41) is 0. The molecule has 1 aliphatic carbocycles. The van der Waals surface area contributed by atoms with E-state index >= 15 is 0 Å². The molecule has 0 radical (unpaired) electrons. The molecule has 2 aliphatic rings. The number of rotatable bonds is 4. The van der Waals surface area contributed by atoms with Gasteiger partial charge >= 0.3 is 0 Å². The molecule has 0 amide bonds. The Morgan fingerprint density at radius 2 is 1.74 bits per heavy atom. The van der Waals surface area contributed by atoms with Crippen molar-refractivity contribution >= 4 is 11.6 Å². The summed E-state index contributed by atoms with van der Waals surface area (Å²) in [5.74, 6) is 4.05. The van der Waals surface area contributed by atoms with Gasteiger partial charge in [-0.05, 0) is 18.9 Å². The average molecular weight is 312 g/mol. The van der Waals surface area contributed by atoms with Crippen LogP contribution in [0.5, 0.6) is 5.88 Å². The van der Waals surface area contributed by atoms with Gasteiger partial charge in [0, 0.05) is 38.3 Å². The Balaban J connectivity index is 1.43. The largest absolute Gasteiger partial charge is 0.480 e. The van der Waals surface area contributed by atoms with Crippen LogP contribution < -0.4 is 14.5 Å². The summed E-state index contributed by atoms with van der Waals surface area (Å²) >= 11 is 0. The zero-order valence-corrected chi connectivity index (χ0v) is 13.2. The number of anilines is 2. The van der Waals surface area contributed by atoms with Gasteiger partial charge in [0.25, 0.3) is 0 Å². The van der Waals surface area contributed by atoms with Gasteiger partial charge in [-0.3, -0.25) is 4.98 Å². The van der Waals surface area contributed by atoms with Gasteiger partial charge in [-0.1, -0.05) is 0 Å². The topological polar surface area (TPSA) is 67.3 Å². The van der Waals surface area contributed by atoms with E-state index in [-0.39, 0.29) is 0 Å². The van der Waals surface area contributed by atoms with Crippen LogP contribution in [0.3, 0.4) is 0 Å². The summed E-state index contributed by atoms with van der Waals surface area (Å²) in [4.78, 5) is 22.3. The molecule has 3 heterocycles. The summed E-state index contributed by atoms with van der Waals surface area (Å²) in [7, 11) is 1.61. The molecule has 0 atom stereocenters. The minimum atomic E-state index is 0.551. The molecule has 0 unspecified atom stereocenters. The fraction of sp³-hybridized carbons (Fsp3) is 0.500. The van der Waals surface area contributed by atoms with Gasteiger partial charge in [0.2, 0.25) is 5.88 Å². The van der Waals surface area contributed by atoms with E-state index in [2.05, 4.69) is 24.8 Å². The first-order chi connectivity index (χ1) is 11.3. The fourth-order valence-electron chi connectivity index (χ4n) is 2.83. The molecule has 0 aromatic carbocycles. The van der Waals surface area contributed by atoms with Crippen LogP contribution in [-0.4, -0.2) is 53.2 Å². The molecular weight excluding hydrogens is 292 g/mol. The minimum Gasteiger partial charge on any atom is -0.480 e. The van der Waals surface area contributed by atoms with Gasteiger partial charge in [-0.25, -0.2) is 9.97 Å². The second-order valence-corrected chi connectivity index (χ2v) is 5.94. The number of nitrogens with zero attached hydrogens (tertiary/aromatic N) is 6. The maximum atomic E-state index is 5.15. The summed E-state index contributed by atoms with van der Waals surface area (Å²) in [5.41, 5.74) is 0. The molecule has 1 aliphatic heterocycles. The number of piperazine rings is 1. The lowest BCUT2D eigenvalue weighted by molar-refractivity contribution is 0.395. The van der Waals surface area contributed by atoms with Crippen LogP contribution in [0.4, 0.5) is 11.6 Å². The second-order valence-electron chi connectivity index (χ2n) is 5.94. The lowest BCUT2D eigenvalue weighted by Crippen LogP contribution is -2.47. The third kappa shape index (κ3) is 3.04. The van der Waals surface area contributed by atoms with Gasteiger partial charge in [-0.2, -0.15) is 4.98 Å². The van der Waals surface area contributed by atoms with Gasteiger partial charge < -0.3 is 14.5 Å². The molecule has 120 valence electrons. The maximum absolute atomic E-state index is 5.15. The predicted octanol–water partition coefficient (Wildman–Crippen LogP) is 1.48. The molecule has 23 heavy (non-hydrogen) atoms. The molecule has 1 saturated carbocycles. The lowest BCUT2D eigenvalue weighted by Gasteiger charge is -2.35. The summed E-state index contributed by atoms with van der Waals surface area (Å²) < 4.78 is 5.15. The van der Waals surface area contributed by atoms with Crippen molar-refractivity contribution in [2.24, 2.45) is 0 Å². The van der Waals surface area contributed by atoms with E-state index in [1.807, 2.05) is 12.3 Å². The Kier molecular flexibility index (Phi) is 3.69. The predicted molar refractivity (Wildman–Crippen MR) is 87.0 cm³/mol. The van der Waals surface area contributed by atoms with E-state index in [1.165, 1.54) is 12.8 Å². The Hall–Kier alpha value is -2.44. The van der Waals surface area contributed by atoms with Gasteiger partial charge in [0.15, 0.2) is 5.82 Å². The van der Waals surface area contributed by atoms with Crippen molar-refractivity contribution in [3.05, 3.63) is 30.5 Å². The van der Waals surface area contributed by atoms with Crippen molar-refractivity contribution in [1.82, 2.24) is 19.9 Å². The molecular formula is C16H20N6O. The molecule has 2 fully saturated rings. The molecule has 4 rings (SSSR count). The molecule has 0 bridgehead atoms. The quantitative estimate of drug-likeness (QED) is 0.847. The molecule has 2 aromatic rings. The van der Waals surface area contributed by atoms with E-state index in [0.717, 1.165) is 43.6 Å². The molecule has 7 heteroatoms. The first kappa shape index (κ1) is 14.2. The lowest BCUT2D eigenvalue weighted by atomic mass is 10.3. The van der Waals surface area contributed by atoms with Crippen LogP contribution in [0.1, 0.15) is 24.6 Å². The highest BCUT2D eigenvalue weighted by molar-refractivity contribution is 5.44. The van der Waals surface area contributed by atoms with E-state index in [0.29, 0.717) is 11.8 Å². The highest BCUT2D eigenvalue weighted by atomic mass is 16.5. The van der Waals surface area contributed by atoms with E-state index < -0.39 is 0 Å². The zero-order valence-electron chi connectivity index (χ0n) is 13.2. The van der Waals surface area contributed by atoms with Gasteiger partial charge in [0.05, 0.1) is 19.5 Å². The number of ether oxygens (including phenoxy) is 1. The average Bonchev–Trinajstić information content (AvgIpc) is 3.47. The SMILES string of the molecule is COc1cncc(N2CCN(c3ccnc(C4CC4)n3)CC2)n1. The fourth-order valence-corrected chi connectivity index (χ4v) is 2.83. The van der Waals surface area contributed by atoms with Crippen LogP contribution in [0.25, 0.3) is 0 Å². The van der Waals surface area contributed by atoms with Crippen LogP contribution in [0.15, 0.2) is 24.7 Å². The monoisotopic (exact) mass is 312 g/mol. The highest BCUT2D eigenvalue weighted by Gasteiger charge is 2.27. The third-order valence-electron chi connectivity index (χ3n) is 4.34. The smallest absolute Gasteiger partial charge is 0.233 e. The normalized spacial score (nSPS) is 18.1. The van der Waals surface area contributed by atoms with Crippen molar-refractivity contribution in [2.45, 2.75) is 18.8 Å². The van der Waals surface area contributed by atoms with Gasteiger partial charge in [-0.15, -0.1) is 0 Å². The summed E-state index contributed by atoms with van der Waals surface area (Å²) in [6.07, 6.45) is 7.75. The molecule has 2 aromatic heterocycles. The Morgan fingerprint density at radius 3 is 2.43 bits per heavy atom. The van der Waals surface area contributed by atoms with Crippen molar-refractivity contribution < 1.29 is 4.74 Å². The van der Waals surface area contributed by atoms with Crippen molar-refractivity contribution in [3.8, 4) is 5.88 Å².